The number of carbonyl (C=O) groups is 2. The van der Waals surface area contributed by atoms with Gasteiger partial charge in [0, 0.05) is 12.2 Å². The molecule has 0 aromatic rings. The Bertz CT molecular complexity index is 194. The Morgan fingerprint density at radius 2 is 1.60 bits per heavy atom. The van der Waals surface area contributed by atoms with Crippen LogP contribution in [0.25, 0.3) is 0 Å². The summed E-state index contributed by atoms with van der Waals surface area (Å²) >= 11 is 4.01. The lowest BCUT2D eigenvalue weighted by atomic mass is 10.6. The SMILES string of the molecule is O=C1C=CC(=O)N1C(I)I. The van der Waals surface area contributed by atoms with Crippen LogP contribution in [0.4, 0.5) is 0 Å². The lowest BCUT2D eigenvalue weighted by Gasteiger charge is -2.14. The molecule has 0 fully saturated rings. The molecule has 0 radical (unpaired) electrons. The standard InChI is InChI=1S/C5H3I2NO2/c6-5(7)8-3(9)1-2-4(8)10/h1-2,5H. The first-order valence-corrected chi connectivity index (χ1v) is 4.95. The summed E-state index contributed by atoms with van der Waals surface area (Å²) in [5.74, 6) is -0.447. The maximum Gasteiger partial charge on any atom is 0.255 e. The molecule has 0 aromatic heterocycles. The van der Waals surface area contributed by atoms with Crippen LogP contribution in [0.2, 0.25) is 0 Å². The van der Waals surface area contributed by atoms with E-state index < -0.39 is 0 Å². The van der Waals surface area contributed by atoms with E-state index in [1.807, 2.05) is 45.2 Å². The van der Waals surface area contributed by atoms with Crippen LogP contribution in [0.5, 0.6) is 0 Å². The van der Waals surface area contributed by atoms with Crippen molar-refractivity contribution in [3.8, 4) is 0 Å². The van der Waals surface area contributed by atoms with Crippen LogP contribution in [0, 0.1) is 0 Å². The second-order valence-corrected chi connectivity index (χ2v) is 6.40. The van der Waals surface area contributed by atoms with Crippen LogP contribution in [-0.4, -0.2) is 18.8 Å². The number of carbonyl (C=O) groups excluding carboxylic acids is 2. The van der Waals surface area contributed by atoms with Crippen LogP contribution in [0.3, 0.4) is 0 Å². The summed E-state index contributed by atoms with van der Waals surface area (Å²) in [6.45, 7) is 0. The molecule has 1 heterocycles. The first-order valence-electron chi connectivity index (χ1n) is 2.46. The minimum Gasteiger partial charge on any atom is -0.269 e. The molecule has 0 N–H and O–H groups in total. The summed E-state index contributed by atoms with van der Waals surface area (Å²) in [5, 5.41) is 0. The van der Waals surface area contributed by atoms with Crippen molar-refractivity contribution in [1.82, 2.24) is 4.90 Å². The van der Waals surface area contributed by atoms with Gasteiger partial charge in [0.2, 0.25) is 0 Å². The highest BCUT2D eigenvalue weighted by Gasteiger charge is 2.27. The third-order valence-corrected chi connectivity index (χ3v) is 2.15. The molecular formula is C5H3I2NO2. The van der Waals surface area contributed by atoms with E-state index in [2.05, 4.69) is 0 Å². The number of alkyl halides is 2. The summed E-state index contributed by atoms with van der Waals surface area (Å²) < 4.78 is -0.0924. The van der Waals surface area contributed by atoms with Gasteiger partial charge in [-0.15, -0.1) is 0 Å². The fraction of sp³-hybridized carbons (Fsp3) is 0.200. The van der Waals surface area contributed by atoms with Crippen molar-refractivity contribution in [2.75, 3.05) is 0 Å². The largest absolute Gasteiger partial charge is 0.269 e. The third-order valence-electron chi connectivity index (χ3n) is 1.04. The van der Waals surface area contributed by atoms with Crippen LogP contribution in [0.1, 0.15) is 0 Å². The molecule has 0 aliphatic carbocycles. The van der Waals surface area contributed by atoms with Crippen LogP contribution < -0.4 is 0 Å². The summed E-state index contributed by atoms with van der Waals surface area (Å²) in [6, 6.07) is 0. The van der Waals surface area contributed by atoms with Crippen molar-refractivity contribution in [3.63, 3.8) is 0 Å². The number of imide groups is 1. The highest BCUT2D eigenvalue weighted by Crippen LogP contribution is 2.19. The van der Waals surface area contributed by atoms with E-state index in [-0.39, 0.29) is 13.9 Å². The van der Waals surface area contributed by atoms with Gasteiger partial charge >= 0.3 is 0 Å². The number of nitrogens with zero attached hydrogens (tertiary/aromatic N) is 1. The van der Waals surface area contributed by atoms with Gasteiger partial charge in [0.25, 0.3) is 11.8 Å². The molecule has 5 heteroatoms. The third kappa shape index (κ3) is 1.49. The van der Waals surface area contributed by atoms with Gasteiger partial charge in [-0.3, -0.25) is 14.5 Å². The van der Waals surface area contributed by atoms with Crippen LogP contribution in [0.15, 0.2) is 12.2 Å². The molecule has 0 saturated heterocycles. The molecule has 1 aliphatic rings. The number of amides is 2. The van der Waals surface area contributed by atoms with Gasteiger partial charge in [-0.05, 0) is 45.2 Å². The average molecular weight is 363 g/mol. The molecular weight excluding hydrogens is 360 g/mol. The van der Waals surface area contributed by atoms with Crippen molar-refractivity contribution in [2.24, 2.45) is 0 Å². The molecule has 0 atom stereocenters. The van der Waals surface area contributed by atoms with Gasteiger partial charge in [0.15, 0.2) is 0 Å². The summed E-state index contributed by atoms with van der Waals surface area (Å²) in [6.07, 6.45) is 2.57. The fourth-order valence-corrected chi connectivity index (χ4v) is 1.70. The molecule has 1 aliphatic heterocycles. The van der Waals surface area contributed by atoms with Crippen LogP contribution in [-0.2, 0) is 9.59 Å². The van der Waals surface area contributed by atoms with E-state index in [1.54, 1.807) is 0 Å². The second-order valence-electron chi connectivity index (χ2n) is 1.66. The lowest BCUT2D eigenvalue weighted by molar-refractivity contribution is -0.135. The Morgan fingerprint density at radius 1 is 1.20 bits per heavy atom. The van der Waals surface area contributed by atoms with Gasteiger partial charge in [0.05, 0.1) is 0 Å². The van der Waals surface area contributed by atoms with E-state index in [0.717, 1.165) is 0 Å². The minimum atomic E-state index is -0.223. The van der Waals surface area contributed by atoms with E-state index in [1.165, 1.54) is 17.1 Å². The zero-order valence-electron chi connectivity index (χ0n) is 4.75. The van der Waals surface area contributed by atoms with E-state index in [0.29, 0.717) is 0 Å². The average Bonchev–Trinajstić information content (AvgIpc) is 2.11. The Labute approximate surface area is 85.1 Å². The predicted octanol–water partition coefficient (Wildman–Crippen LogP) is 1.06. The van der Waals surface area contributed by atoms with E-state index >= 15 is 0 Å². The maximum absolute atomic E-state index is 10.8. The zero-order chi connectivity index (χ0) is 7.72. The van der Waals surface area contributed by atoms with E-state index in [4.69, 9.17) is 0 Å². The Kier molecular flexibility index (Phi) is 2.67. The fourth-order valence-electron chi connectivity index (χ4n) is 0.604. The molecule has 0 spiro atoms. The summed E-state index contributed by atoms with van der Waals surface area (Å²) in [4.78, 5) is 22.9. The molecule has 1 rings (SSSR count). The first kappa shape index (κ1) is 8.44. The Hall–Kier alpha value is 0.340. The van der Waals surface area contributed by atoms with Gasteiger partial charge in [0.1, 0.15) is 2.06 Å². The quantitative estimate of drug-likeness (QED) is 0.303. The molecule has 2 amide bonds. The number of hydrogen-bond donors (Lipinski definition) is 0. The monoisotopic (exact) mass is 363 g/mol. The number of hydrogen-bond acceptors (Lipinski definition) is 2. The Balaban J connectivity index is 2.79. The highest BCUT2D eigenvalue weighted by atomic mass is 127. The molecule has 0 saturated carbocycles. The number of rotatable bonds is 1. The van der Waals surface area contributed by atoms with Gasteiger partial charge in [-0.2, -0.15) is 0 Å². The van der Waals surface area contributed by atoms with Crippen molar-refractivity contribution in [1.29, 1.82) is 0 Å². The molecule has 0 unspecified atom stereocenters. The zero-order valence-corrected chi connectivity index (χ0v) is 9.07. The van der Waals surface area contributed by atoms with Crippen molar-refractivity contribution in [3.05, 3.63) is 12.2 Å². The van der Waals surface area contributed by atoms with Crippen molar-refractivity contribution in [2.45, 2.75) is 2.06 Å². The van der Waals surface area contributed by atoms with Gasteiger partial charge in [-0.25, -0.2) is 0 Å². The van der Waals surface area contributed by atoms with Gasteiger partial charge in [-0.1, -0.05) is 0 Å². The maximum atomic E-state index is 10.8. The molecule has 3 nitrogen and oxygen atoms in total. The summed E-state index contributed by atoms with van der Waals surface area (Å²) in [5.41, 5.74) is 0. The lowest BCUT2D eigenvalue weighted by Crippen LogP contribution is -2.32. The van der Waals surface area contributed by atoms with E-state index in [9.17, 15) is 9.59 Å². The smallest absolute Gasteiger partial charge is 0.255 e. The molecule has 0 aromatic carbocycles. The minimum absolute atomic E-state index is 0.0924. The predicted molar refractivity (Wildman–Crippen MR) is 52.8 cm³/mol. The highest BCUT2D eigenvalue weighted by molar-refractivity contribution is 14.2. The van der Waals surface area contributed by atoms with Crippen LogP contribution >= 0.6 is 45.2 Å². The first-order chi connectivity index (χ1) is 4.63. The topological polar surface area (TPSA) is 37.4 Å². The Morgan fingerprint density at radius 3 is 1.80 bits per heavy atom. The van der Waals surface area contributed by atoms with Gasteiger partial charge < -0.3 is 0 Å². The van der Waals surface area contributed by atoms with Crippen molar-refractivity contribution >= 4 is 57.0 Å². The normalized spacial score (nSPS) is 17.7. The number of halogens is 2. The molecule has 54 valence electrons. The molecule has 10 heavy (non-hydrogen) atoms. The second kappa shape index (κ2) is 3.16. The van der Waals surface area contributed by atoms with Crippen molar-refractivity contribution < 1.29 is 9.59 Å². The summed E-state index contributed by atoms with van der Waals surface area (Å²) in [7, 11) is 0. The molecule has 0 bridgehead atoms.